The molecule has 0 amide bonds. The maximum Gasteiger partial charge on any atom is 0.573 e. The van der Waals surface area contributed by atoms with E-state index >= 15 is 0 Å². The zero-order chi connectivity index (χ0) is 24.5. The smallest absolute Gasteiger partial charge is 0.406 e. The second-order valence-electron chi connectivity index (χ2n) is 8.13. The molecule has 6 nitrogen and oxygen atoms in total. The molecular formula is C23H24F3N3O3S2. The topological polar surface area (TPSA) is 62.7 Å². The number of sulfonamides is 1. The van der Waals surface area contributed by atoms with Crippen LogP contribution in [0.5, 0.6) is 5.75 Å². The SMILES string of the molecule is Cc1ccc(Cc2csc(N3CCN(S(=O)(=O)c4ccc(OC(F)(F)F)cc4)CC3)n2)cc1C. The average Bonchev–Trinajstić information content (AvgIpc) is 3.24. The van der Waals surface area contributed by atoms with E-state index in [1.807, 2.05) is 5.38 Å². The number of halogens is 3. The second kappa shape index (κ2) is 9.55. The van der Waals surface area contributed by atoms with E-state index in [9.17, 15) is 21.6 Å². The summed E-state index contributed by atoms with van der Waals surface area (Å²) in [5.74, 6) is -0.461. The third-order valence-electron chi connectivity index (χ3n) is 5.70. The summed E-state index contributed by atoms with van der Waals surface area (Å²) in [6.45, 7) is 5.64. The normalized spacial score (nSPS) is 15.5. The van der Waals surface area contributed by atoms with Gasteiger partial charge in [-0.3, -0.25) is 0 Å². The molecular weight excluding hydrogens is 487 g/mol. The Morgan fingerprint density at radius 1 is 1.00 bits per heavy atom. The van der Waals surface area contributed by atoms with Gasteiger partial charge in [-0.25, -0.2) is 13.4 Å². The van der Waals surface area contributed by atoms with Gasteiger partial charge in [-0.05, 0) is 54.8 Å². The van der Waals surface area contributed by atoms with Crippen LogP contribution in [0.4, 0.5) is 18.3 Å². The molecule has 2 heterocycles. The standard InChI is InChI=1S/C23H24F3N3O3S2/c1-16-3-4-18(13-17(16)2)14-19-15-33-22(27-19)28-9-11-29(12-10-28)34(30,31)21-7-5-20(6-8-21)32-23(24,25)26/h3-8,13,15H,9-12,14H2,1-2H3. The molecule has 2 aromatic carbocycles. The van der Waals surface area contributed by atoms with Gasteiger partial charge in [0, 0.05) is 38.0 Å². The van der Waals surface area contributed by atoms with E-state index < -0.39 is 22.1 Å². The van der Waals surface area contributed by atoms with Crippen LogP contribution in [0.2, 0.25) is 0 Å². The van der Waals surface area contributed by atoms with E-state index in [-0.39, 0.29) is 18.0 Å². The molecule has 4 rings (SSSR count). The monoisotopic (exact) mass is 511 g/mol. The lowest BCUT2D eigenvalue weighted by Crippen LogP contribution is -2.48. The summed E-state index contributed by atoms with van der Waals surface area (Å²) in [6, 6.07) is 10.6. The summed E-state index contributed by atoms with van der Waals surface area (Å²) in [5.41, 5.74) is 4.66. The molecule has 34 heavy (non-hydrogen) atoms. The second-order valence-corrected chi connectivity index (χ2v) is 10.9. The van der Waals surface area contributed by atoms with Gasteiger partial charge in [0.15, 0.2) is 5.13 Å². The van der Waals surface area contributed by atoms with Crippen molar-refractivity contribution in [1.29, 1.82) is 0 Å². The van der Waals surface area contributed by atoms with Crippen molar-refractivity contribution in [3.63, 3.8) is 0 Å². The Hall–Kier alpha value is -2.63. The van der Waals surface area contributed by atoms with Crippen molar-refractivity contribution in [1.82, 2.24) is 9.29 Å². The maximum absolute atomic E-state index is 12.9. The summed E-state index contributed by atoms with van der Waals surface area (Å²) in [6.07, 6.45) is -4.09. The molecule has 1 fully saturated rings. The highest BCUT2D eigenvalue weighted by atomic mass is 32.2. The number of ether oxygens (including phenoxy) is 1. The fourth-order valence-electron chi connectivity index (χ4n) is 3.73. The number of hydrogen-bond donors (Lipinski definition) is 0. The van der Waals surface area contributed by atoms with Gasteiger partial charge in [0.05, 0.1) is 10.6 Å². The third-order valence-corrected chi connectivity index (χ3v) is 8.56. The van der Waals surface area contributed by atoms with Gasteiger partial charge in [0.25, 0.3) is 0 Å². The van der Waals surface area contributed by atoms with Crippen LogP contribution < -0.4 is 9.64 Å². The Morgan fingerprint density at radius 3 is 2.29 bits per heavy atom. The molecule has 11 heteroatoms. The van der Waals surface area contributed by atoms with Gasteiger partial charge >= 0.3 is 6.36 Å². The zero-order valence-electron chi connectivity index (χ0n) is 18.7. The van der Waals surface area contributed by atoms with Crippen LogP contribution in [0.3, 0.4) is 0 Å². The predicted molar refractivity (Wildman–Crippen MR) is 125 cm³/mol. The molecule has 0 atom stereocenters. The highest BCUT2D eigenvalue weighted by molar-refractivity contribution is 7.89. The number of piperazine rings is 1. The Kier molecular flexibility index (Phi) is 6.88. The minimum Gasteiger partial charge on any atom is -0.406 e. The number of nitrogens with zero attached hydrogens (tertiary/aromatic N) is 3. The van der Waals surface area contributed by atoms with E-state index in [0.29, 0.717) is 13.1 Å². The lowest BCUT2D eigenvalue weighted by molar-refractivity contribution is -0.274. The van der Waals surface area contributed by atoms with Crippen LogP contribution in [0.1, 0.15) is 22.4 Å². The summed E-state index contributed by atoms with van der Waals surface area (Å²) in [5, 5.41) is 2.88. The molecule has 0 radical (unpaired) electrons. The van der Waals surface area contributed by atoms with Crippen LogP contribution in [0, 0.1) is 13.8 Å². The number of thiazole rings is 1. The van der Waals surface area contributed by atoms with Crippen molar-refractivity contribution < 1.29 is 26.3 Å². The summed E-state index contributed by atoms with van der Waals surface area (Å²) >= 11 is 1.53. The van der Waals surface area contributed by atoms with E-state index in [4.69, 9.17) is 4.98 Å². The molecule has 1 aromatic heterocycles. The summed E-state index contributed by atoms with van der Waals surface area (Å²) in [4.78, 5) is 6.72. The highest BCUT2D eigenvalue weighted by Gasteiger charge is 2.32. The molecule has 1 saturated heterocycles. The van der Waals surface area contributed by atoms with Crippen molar-refractivity contribution in [2.24, 2.45) is 0 Å². The van der Waals surface area contributed by atoms with E-state index in [1.54, 1.807) is 0 Å². The molecule has 0 spiro atoms. The van der Waals surface area contributed by atoms with Gasteiger partial charge in [0.1, 0.15) is 5.75 Å². The number of alkyl halides is 3. The Bertz CT molecular complexity index is 1250. The predicted octanol–water partition coefficient (Wildman–Crippen LogP) is 4.76. The quantitative estimate of drug-likeness (QED) is 0.478. The minimum atomic E-state index is -4.83. The number of aryl methyl sites for hydroxylation is 2. The van der Waals surface area contributed by atoms with Crippen LogP contribution >= 0.6 is 11.3 Å². The number of anilines is 1. The first kappa shape index (κ1) is 24.5. The highest BCUT2D eigenvalue weighted by Crippen LogP contribution is 2.27. The minimum absolute atomic E-state index is 0.0691. The van der Waals surface area contributed by atoms with Gasteiger partial charge in [-0.2, -0.15) is 4.31 Å². The Labute approximate surface area is 200 Å². The van der Waals surface area contributed by atoms with Crippen LogP contribution in [-0.2, 0) is 16.4 Å². The van der Waals surface area contributed by atoms with E-state index in [1.165, 1.54) is 32.3 Å². The lowest BCUT2D eigenvalue weighted by Gasteiger charge is -2.33. The number of hydrogen-bond acceptors (Lipinski definition) is 6. The summed E-state index contributed by atoms with van der Waals surface area (Å²) < 4.78 is 68.0. The van der Waals surface area contributed by atoms with Crippen molar-refractivity contribution >= 4 is 26.5 Å². The Balaban J connectivity index is 1.37. The van der Waals surface area contributed by atoms with Gasteiger partial charge in [-0.15, -0.1) is 24.5 Å². The van der Waals surface area contributed by atoms with Crippen LogP contribution in [0.15, 0.2) is 52.7 Å². The van der Waals surface area contributed by atoms with Crippen molar-refractivity contribution in [3.8, 4) is 5.75 Å². The molecule has 0 saturated carbocycles. The molecule has 0 unspecified atom stereocenters. The summed E-state index contributed by atoms with van der Waals surface area (Å²) in [7, 11) is -3.82. The molecule has 1 aliphatic heterocycles. The van der Waals surface area contributed by atoms with Crippen molar-refractivity contribution in [2.75, 3.05) is 31.1 Å². The van der Waals surface area contributed by atoms with Gasteiger partial charge < -0.3 is 9.64 Å². The Morgan fingerprint density at radius 2 is 1.68 bits per heavy atom. The number of aromatic nitrogens is 1. The third kappa shape index (κ3) is 5.70. The van der Waals surface area contributed by atoms with Crippen LogP contribution in [0.25, 0.3) is 0 Å². The number of rotatable bonds is 6. The molecule has 3 aromatic rings. The number of benzene rings is 2. The lowest BCUT2D eigenvalue weighted by atomic mass is 10.0. The van der Waals surface area contributed by atoms with E-state index in [0.717, 1.165) is 41.5 Å². The molecule has 0 bridgehead atoms. The molecule has 182 valence electrons. The largest absolute Gasteiger partial charge is 0.573 e. The van der Waals surface area contributed by atoms with Crippen molar-refractivity contribution in [3.05, 3.63) is 70.2 Å². The fraction of sp³-hybridized carbons (Fsp3) is 0.348. The van der Waals surface area contributed by atoms with Crippen molar-refractivity contribution in [2.45, 2.75) is 31.5 Å². The fourth-order valence-corrected chi connectivity index (χ4v) is 6.03. The van der Waals surface area contributed by atoms with Gasteiger partial charge in [0.2, 0.25) is 10.0 Å². The average molecular weight is 512 g/mol. The first-order chi connectivity index (χ1) is 16.0. The molecule has 1 aliphatic rings. The molecule has 0 N–H and O–H groups in total. The maximum atomic E-state index is 12.9. The van der Waals surface area contributed by atoms with Crippen LogP contribution in [-0.4, -0.2) is 50.2 Å². The first-order valence-electron chi connectivity index (χ1n) is 10.6. The van der Waals surface area contributed by atoms with E-state index in [2.05, 4.69) is 41.7 Å². The first-order valence-corrected chi connectivity index (χ1v) is 12.9. The zero-order valence-corrected chi connectivity index (χ0v) is 20.3. The van der Waals surface area contributed by atoms with Gasteiger partial charge in [-0.1, -0.05) is 18.2 Å². The molecule has 0 aliphatic carbocycles.